The normalized spacial score (nSPS) is 12.1. The summed E-state index contributed by atoms with van der Waals surface area (Å²) >= 11 is 16.4. The molecule has 2 N–H and O–H groups in total. The number of ether oxygens (including phenoxy) is 2. The number of hydrogen-bond donors (Lipinski definition) is 2. The van der Waals surface area contributed by atoms with Gasteiger partial charge in [0, 0.05) is 0 Å². The molecule has 0 unspecified atom stereocenters. The van der Waals surface area contributed by atoms with Gasteiger partial charge in [0.15, 0.2) is 11.5 Å². The molecular weight excluding hydrogens is 325 g/mol. The van der Waals surface area contributed by atoms with Crippen LogP contribution in [0.1, 0.15) is 6.92 Å². The van der Waals surface area contributed by atoms with Gasteiger partial charge in [0.2, 0.25) is 5.90 Å². The Bertz CT molecular complexity index is 498. The highest BCUT2D eigenvalue weighted by molar-refractivity contribution is 6.76. The molecule has 110 valence electrons. The van der Waals surface area contributed by atoms with Crippen molar-refractivity contribution < 1.29 is 14.6 Å². The molecule has 0 heterocycles. The molecule has 7 heteroatoms. The van der Waals surface area contributed by atoms with Crippen LogP contribution in [0.4, 0.5) is 0 Å². The van der Waals surface area contributed by atoms with Gasteiger partial charge in [-0.05, 0) is 30.7 Å². The maximum Gasteiger partial charge on any atom is 0.265 e. The molecular formula is C13H14Cl3NO3. The first-order valence-corrected chi connectivity index (χ1v) is 6.79. The lowest BCUT2D eigenvalue weighted by atomic mass is 10.3. The van der Waals surface area contributed by atoms with Crippen molar-refractivity contribution in [1.29, 1.82) is 5.41 Å². The van der Waals surface area contributed by atoms with Crippen LogP contribution in [0.2, 0.25) is 0 Å². The van der Waals surface area contributed by atoms with Gasteiger partial charge in [-0.25, -0.2) is 0 Å². The molecule has 0 aliphatic rings. The monoisotopic (exact) mass is 337 g/mol. The van der Waals surface area contributed by atoms with Crippen LogP contribution in [0.25, 0.3) is 0 Å². The highest BCUT2D eigenvalue weighted by Gasteiger charge is 2.28. The average molecular weight is 339 g/mol. The predicted molar refractivity (Wildman–Crippen MR) is 81.3 cm³/mol. The fourth-order valence-corrected chi connectivity index (χ4v) is 1.34. The van der Waals surface area contributed by atoms with Crippen LogP contribution in [-0.2, 0) is 4.74 Å². The Morgan fingerprint density at radius 2 is 2.00 bits per heavy atom. The summed E-state index contributed by atoms with van der Waals surface area (Å²) in [4.78, 5) is 0. The van der Waals surface area contributed by atoms with Gasteiger partial charge in [0.1, 0.15) is 13.2 Å². The summed E-state index contributed by atoms with van der Waals surface area (Å²) in [6.07, 6.45) is 1.70. The smallest absolute Gasteiger partial charge is 0.265 e. The first-order chi connectivity index (χ1) is 9.30. The van der Waals surface area contributed by atoms with E-state index in [9.17, 15) is 5.11 Å². The minimum atomic E-state index is -1.85. The molecule has 0 saturated heterocycles. The first kappa shape index (κ1) is 17.0. The summed E-state index contributed by atoms with van der Waals surface area (Å²) in [5, 5.41) is 16.9. The van der Waals surface area contributed by atoms with Gasteiger partial charge < -0.3 is 14.6 Å². The van der Waals surface area contributed by atoms with E-state index in [0.29, 0.717) is 5.75 Å². The second kappa shape index (κ2) is 7.62. The molecule has 0 bridgehead atoms. The van der Waals surface area contributed by atoms with Gasteiger partial charge >= 0.3 is 0 Å². The number of phenols is 1. The van der Waals surface area contributed by atoms with Gasteiger partial charge in [-0.3, -0.25) is 5.41 Å². The lowest BCUT2D eigenvalue weighted by molar-refractivity contribution is 0.319. The molecule has 4 nitrogen and oxygen atoms in total. The molecule has 0 radical (unpaired) electrons. The fourth-order valence-electron chi connectivity index (χ4n) is 1.18. The Hall–Kier alpha value is -1.10. The Morgan fingerprint density at radius 3 is 2.60 bits per heavy atom. The summed E-state index contributed by atoms with van der Waals surface area (Å²) < 4.78 is 8.52. The molecule has 0 spiro atoms. The third-order valence-electron chi connectivity index (χ3n) is 2.24. The molecule has 0 aliphatic carbocycles. The molecule has 0 aliphatic heterocycles. The summed E-state index contributed by atoms with van der Waals surface area (Å²) in [7, 11) is 0. The topological polar surface area (TPSA) is 62.5 Å². The minimum Gasteiger partial charge on any atom is -0.504 e. The number of para-hydroxylation sites is 2. The van der Waals surface area contributed by atoms with E-state index < -0.39 is 9.69 Å². The molecule has 20 heavy (non-hydrogen) atoms. The maximum atomic E-state index is 9.52. The third kappa shape index (κ3) is 5.90. The van der Waals surface area contributed by atoms with Crippen molar-refractivity contribution in [2.45, 2.75) is 10.7 Å². The SMILES string of the molecule is C/C(=C\COC(=N)C(Cl)(Cl)Cl)COc1ccccc1O. The Balaban J connectivity index is 2.40. The highest BCUT2D eigenvalue weighted by Crippen LogP contribution is 2.27. The Morgan fingerprint density at radius 1 is 1.35 bits per heavy atom. The van der Waals surface area contributed by atoms with Crippen LogP contribution < -0.4 is 4.74 Å². The average Bonchev–Trinajstić information content (AvgIpc) is 2.36. The quantitative estimate of drug-likeness (QED) is 0.368. The molecule has 0 aromatic heterocycles. The summed E-state index contributed by atoms with van der Waals surface area (Å²) in [5.74, 6) is 0.0397. The van der Waals surface area contributed by atoms with Gasteiger partial charge in [-0.15, -0.1) is 0 Å². The van der Waals surface area contributed by atoms with E-state index in [1.54, 1.807) is 30.3 Å². The number of benzene rings is 1. The van der Waals surface area contributed by atoms with E-state index in [1.807, 2.05) is 6.92 Å². The standard InChI is InChI=1S/C13H14Cl3NO3/c1-9(6-7-19-12(17)13(14,15)16)8-20-11-5-3-2-4-10(11)18/h2-6,17-18H,7-8H2,1H3/b9-6+,17-12?. The van der Waals surface area contributed by atoms with Crippen LogP contribution in [0, 0.1) is 5.41 Å². The number of nitrogens with one attached hydrogen (secondary N) is 1. The largest absolute Gasteiger partial charge is 0.504 e. The maximum absolute atomic E-state index is 9.52. The van der Waals surface area contributed by atoms with Crippen LogP contribution in [-0.4, -0.2) is 28.0 Å². The van der Waals surface area contributed by atoms with Gasteiger partial charge in [-0.2, -0.15) is 0 Å². The zero-order valence-electron chi connectivity index (χ0n) is 10.7. The molecule has 0 atom stereocenters. The van der Waals surface area contributed by atoms with Crippen molar-refractivity contribution in [3.63, 3.8) is 0 Å². The van der Waals surface area contributed by atoms with E-state index in [2.05, 4.69) is 0 Å². The van der Waals surface area contributed by atoms with Gasteiger partial charge in [0.25, 0.3) is 3.79 Å². The number of rotatable bonds is 5. The van der Waals surface area contributed by atoms with Crippen LogP contribution in [0.5, 0.6) is 11.5 Å². The number of aromatic hydroxyl groups is 1. The molecule has 1 aromatic rings. The lowest BCUT2D eigenvalue weighted by Crippen LogP contribution is -2.21. The van der Waals surface area contributed by atoms with E-state index in [4.69, 9.17) is 49.7 Å². The molecule has 0 saturated carbocycles. The minimum absolute atomic E-state index is 0.0783. The fraction of sp³-hybridized carbons (Fsp3) is 0.308. The predicted octanol–water partition coefficient (Wildman–Crippen LogP) is 4.08. The number of alkyl halides is 3. The number of phenolic OH excluding ortho intramolecular Hbond substituents is 1. The van der Waals surface area contributed by atoms with Crippen molar-refractivity contribution in [1.82, 2.24) is 0 Å². The third-order valence-corrected chi connectivity index (χ3v) is 2.75. The van der Waals surface area contributed by atoms with E-state index in [1.165, 1.54) is 0 Å². The van der Waals surface area contributed by atoms with Gasteiger partial charge in [0.05, 0.1) is 0 Å². The van der Waals surface area contributed by atoms with E-state index >= 15 is 0 Å². The number of hydrogen-bond acceptors (Lipinski definition) is 4. The lowest BCUT2D eigenvalue weighted by Gasteiger charge is -2.12. The van der Waals surface area contributed by atoms with Crippen LogP contribution in [0.15, 0.2) is 35.9 Å². The first-order valence-electron chi connectivity index (χ1n) is 5.65. The molecule has 1 aromatic carbocycles. The van der Waals surface area contributed by atoms with Crippen molar-refractivity contribution in [2.24, 2.45) is 0 Å². The molecule has 0 amide bonds. The van der Waals surface area contributed by atoms with Crippen LogP contribution in [0.3, 0.4) is 0 Å². The zero-order valence-corrected chi connectivity index (χ0v) is 13.0. The van der Waals surface area contributed by atoms with Gasteiger partial charge in [-0.1, -0.05) is 46.9 Å². The Labute approximate surface area is 132 Å². The van der Waals surface area contributed by atoms with Crippen LogP contribution >= 0.6 is 34.8 Å². The summed E-state index contributed by atoms with van der Waals surface area (Å²) in [5.41, 5.74) is 0.852. The van der Waals surface area contributed by atoms with Crippen molar-refractivity contribution in [3.8, 4) is 11.5 Å². The summed E-state index contributed by atoms with van der Waals surface area (Å²) in [6, 6.07) is 6.68. The second-order valence-corrected chi connectivity index (χ2v) is 6.23. The van der Waals surface area contributed by atoms with E-state index in [0.717, 1.165) is 5.57 Å². The van der Waals surface area contributed by atoms with Crippen molar-refractivity contribution in [2.75, 3.05) is 13.2 Å². The second-order valence-electron chi connectivity index (χ2n) is 3.94. The van der Waals surface area contributed by atoms with E-state index in [-0.39, 0.29) is 19.0 Å². The molecule has 0 fully saturated rings. The summed E-state index contributed by atoms with van der Waals surface area (Å²) in [6.45, 7) is 2.20. The molecule has 1 rings (SSSR count). The zero-order chi connectivity index (χ0) is 15.2. The Kier molecular flexibility index (Phi) is 6.46. The van der Waals surface area contributed by atoms with Crippen molar-refractivity contribution >= 4 is 40.7 Å². The number of halogens is 3. The van der Waals surface area contributed by atoms with Crippen molar-refractivity contribution in [3.05, 3.63) is 35.9 Å². The highest BCUT2D eigenvalue weighted by atomic mass is 35.6.